The Hall–Kier alpha value is -3.16. The Labute approximate surface area is 184 Å². The zero-order chi connectivity index (χ0) is 22.7. The van der Waals surface area contributed by atoms with Crippen LogP contribution in [-0.2, 0) is 6.18 Å². The van der Waals surface area contributed by atoms with Crippen molar-refractivity contribution < 1.29 is 18.0 Å². The summed E-state index contributed by atoms with van der Waals surface area (Å²) in [7, 11) is 0. The molecular weight excluding hydrogens is 417 g/mol. The van der Waals surface area contributed by atoms with Crippen molar-refractivity contribution in [2.45, 2.75) is 44.7 Å². The van der Waals surface area contributed by atoms with Crippen LogP contribution in [0, 0.1) is 12.8 Å². The first-order valence-corrected chi connectivity index (χ1v) is 10.7. The smallest absolute Gasteiger partial charge is 0.352 e. The molecule has 1 aliphatic carbocycles. The van der Waals surface area contributed by atoms with E-state index in [4.69, 9.17) is 0 Å². The average Bonchev–Trinajstić information content (AvgIpc) is 3.27. The molecule has 0 spiro atoms. The highest BCUT2D eigenvalue weighted by Crippen LogP contribution is 2.39. The summed E-state index contributed by atoms with van der Waals surface area (Å²) in [5, 5.41) is 10.3. The van der Waals surface area contributed by atoms with Crippen molar-refractivity contribution in [1.29, 1.82) is 0 Å². The normalized spacial score (nSPS) is 19.0. The molecule has 2 heterocycles. The van der Waals surface area contributed by atoms with Crippen molar-refractivity contribution in [2.24, 2.45) is 5.92 Å². The topological polar surface area (TPSA) is 70.7 Å². The molecule has 32 heavy (non-hydrogen) atoms. The van der Waals surface area contributed by atoms with Gasteiger partial charge in [0.2, 0.25) is 0 Å². The number of amides is 1. The van der Waals surface area contributed by atoms with Gasteiger partial charge in [0.1, 0.15) is 0 Å². The fourth-order valence-corrected chi connectivity index (χ4v) is 4.43. The number of carbonyl (C=O) groups is 1. The maximum absolute atomic E-state index is 12.9. The van der Waals surface area contributed by atoms with Crippen LogP contribution in [0.2, 0.25) is 0 Å². The van der Waals surface area contributed by atoms with Gasteiger partial charge in [-0.1, -0.05) is 6.07 Å². The number of H-pyrrole nitrogens is 1. The molecule has 1 fully saturated rings. The van der Waals surface area contributed by atoms with Crippen molar-refractivity contribution in [1.82, 2.24) is 20.5 Å². The second-order valence-electron chi connectivity index (χ2n) is 8.39. The Kier molecular flexibility index (Phi) is 6.30. The van der Waals surface area contributed by atoms with E-state index in [0.717, 1.165) is 60.2 Å². The summed E-state index contributed by atoms with van der Waals surface area (Å²) < 4.78 is 38.6. The molecule has 168 valence electrons. The SMILES string of the molecule is Cc1cnccc1-c1cn[nH]c1C1CCC(CNC(=O)c2cccc(C(F)(F)F)c2)CC1. The predicted octanol–water partition coefficient (Wildman–Crippen LogP) is 5.50. The third kappa shape index (κ3) is 4.84. The molecular formula is C24H25F3N4O. The third-order valence-corrected chi connectivity index (χ3v) is 6.24. The van der Waals surface area contributed by atoms with Crippen LogP contribution in [0.5, 0.6) is 0 Å². The van der Waals surface area contributed by atoms with Gasteiger partial charge in [-0.15, -0.1) is 0 Å². The van der Waals surface area contributed by atoms with E-state index in [1.54, 1.807) is 6.20 Å². The molecule has 1 aromatic carbocycles. The van der Waals surface area contributed by atoms with Gasteiger partial charge in [0.05, 0.1) is 11.8 Å². The molecule has 8 heteroatoms. The van der Waals surface area contributed by atoms with E-state index >= 15 is 0 Å². The first kappa shape index (κ1) is 22.0. The lowest BCUT2D eigenvalue weighted by atomic mass is 9.79. The first-order valence-electron chi connectivity index (χ1n) is 10.7. The number of benzene rings is 1. The van der Waals surface area contributed by atoms with Gasteiger partial charge >= 0.3 is 6.18 Å². The van der Waals surface area contributed by atoms with E-state index in [9.17, 15) is 18.0 Å². The van der Waals surface area contributed by atoms with E-state index in [0.29, 0.717) is 18.4 Å². The predicted molar refractivity (Wildman–Crippen MR) is 115 cm³/mol. The molecule has 0 atom stereocenters. The second kappa shape index (κ2) is 9.14. The lowest BCUT2D eigenvalue weighted by Crippen LogP contribution is -2.31. The van der Waals surface area contributed by atoms with Gasteiger partial charge in [-0.05, 0) is 73.9 Å². The van der Waals surface area contributed by atoms with Crippen molar-refractivity contribution in [3.8, 4) is 11.1 Å². The zero-order valence-corrected chi connectivity index (χ0v) is 17.7. The molecule has 0 saturated heterocycles. The quantitative estimate of drug-likeness (QED) is 0.548. The highest BCUT2D eigenvalue weighted by Gasteiger charge is 2.31. The average molecular weight is 442 g/mol. The first-order chi connectivity index (χ1) is 15.3. The largest absolute Gasteiger partial charge is 0.416 e. The molecule has 4 rings (SSSR count). The minimum atomic E-state index is -4.46. The number of nitrogens with zero attached hydrogens (tertiary/aromatic N) is 2. The fraction of sp³-hybridized carbons (Fsp3) is 0.375. The van der Waals surface area contributed by atoms with Gasteiger partial charge in [0.25, 0.3) is 5.91 Å². The number of rotatable bonds is 5. The maximum Gasteiger partial charge on any atom is 0.416 e. The molecule has 3 aromatic rings. The number of aromatic amines is 1. The van der Waals surface area contributed by atoms with Crippen molar-refractivity contribution >= 4 is 5.91 Å². The summed E-state index contributed by atoms with van der Waals surface area (Å²) in [6, 6.07) is 6.53. The molecule has 2 N–H and O–H groups in total. The molecule has 0 bridgehead atoms. The van der Waals surface area contributed by atoms with E-state index in [1.165, 1.54) is 12.1 Å². The number of nitrogens with one attached hydrogen (secondary N) is 2. The second-order valence-corrected chi connectivity index (χ2v) is 8.39. The van der Waals surface area contributed by atoms with Gasteiger partial charge in [-0.25, -0.2) is 0 Å². The minimum Gasteiger partial charge on any atom is -0.352 e. The Morgan fingerprint density at radius 2 is 1.91 bits per heavy atom. The molecule has 0 aliphatic heterocycles. The minimum absolute atomic E-state index is 0.0309. The fourth-order valence-electron chi connectivity index (χ4n) is 4.43. The summed E-state index contributed by atoms with van der Waals surface area (Å²) in [5.41, 5.74) is 3.67. The summed E-state index contributed by atoms with van der Waals surface area (Å²) in [6.45, 7) is 2.49. The van der Waals surface area contributed by atoms with Crippen LogP contribution in [0.15, 0.2) is 48.9 Å². The van der Waals surface area contributed by atoms with Crippen molar-refractivity contribution in [3.05, 3.63) is 71.3 Å². The summed E-state index contributed by atoms with van der Waals surface area (Å²) in [4.78, 5) is 16.5. The Bertz CT molecular complexity index is 1080. The third-order valence-electron chi connectivity index (χ3n) is 6.24. The molecule has 1 saturated carbocycles. The number of hydrogen-bond acceptors (Lipinski definition) is 3. The Morgan fingerprint density at radius 3 is 2.62 bits per heavy atom. The number of pyridine rings is 1. The van der Waals surface area contributed by atoms with Gasteiger partial charge in [0, 0.05) is 41.7 Å². The van der Waals surface area contributed by atoms with Gasteiger partial charge in [0.15, 0.2) is 0 Å². The van der Waals surface area contributed by atoms with E-state index in [2.05, 4.69) is 20.5 Å². The molecule has 2 aromatic heterocycles. The highest BCUT2D eigenvalue weighted by molar-refractivity contribution is 5.94. The zero-order valence-electron chi connectivity index (χ0n) is 17.7. The van der Waals surface area contributed by atoms with Crippen molar-refractivity contribution in [2.75, 3.05) is 6.54 Å². The molecule has 1 aliphatic rings. The van der Waals surface area contributed by atoms with Gasteiger partial charge < -0.3 is 5.32 Å². The van der Waals surface area contributed by atoms with Gasteiger partial charge in [-0.3, -0.25) is 14.9 Å². The number of alkyl halides is 3. The molecule has 5 nitrogen and oxygen atoms in total. The highest BCUT2D eigenvalue weighted by atomic mass is 19.4. The van der Waals surface area contributed by atoms with Crippen LogP contribution in [0.1, 0.15) is 58.8 Å². The van der Waals surface area contributed by atoms with E-state index in [1.807, 2.05) is 25.4 Å². The standard InChI is InChI=1S/C24H25F3N4O/c1-15-12-28-10-9-20(15)21-14-30-31-22(21)17-7-5-16(6-8-17)13-29-23(32)18-3-2-4-19(11-18)24(25,26)27/h2-4,9-12,14,16-17H,5-8,13H2,1H3,(H,29,32)(H,30,31). The maximum atomic E-state index is 12.9. The molecule has 1 amide bonds. The number of hydrogen-bond donors (Lipinski definition) is 2. The number of aryl methyl sites for hydroxylation is 1. The van der Waals surface area contributed by atoms with Gasteiger partial charge in [-0.2, -0.15) is 18.3 Å². The monoisotopic (exact) mass is 442 g/mol. The Balaban J connectivity index is 1.33. The van der Waals surface area contributed by atoms with Crippen LogP contribution in [0.4, 0.5) is 13.2 Å². The number of aromatic nitrogens is 3. The molecule has 0 unspecified atom stereocenters. The molecule has 0 radical (unpaired) electrons. The number of halogens is 3. The van der Waals surface area contributed by atoms with Crippen LogP contribution in [0.25, 0.3) is 11.1 Å². The van der Waals surface area contributed by atoms with Crippen molar-refractivity contribution in [3.63, 3.8) is 0 Å². The summed E-state index contributed by atoms with van der Waals surface area (Å²) in [6.07, 6.45) is 4.81. The van der Waals surface area contributed by atoms with Crippen LogP contribution in [-0.4, -0.2) is 27.6 Å². The van der Waals surface area contributed by atoms with Crippen LogP contribution >= 0.6 is 0 Å². The van der Waals surface area contributed by atoms with Crippen LogP contribution in [0.3, 0.4) is 0 Å². The van der Waals surface area contributed by atoms with Crippen LogP contribution < -0.4 is 5.32 Å². The Morgan fingerprint density at radius 1 is 1.12 bits per heavy atom. The summed E-state index contributed by atoms with van der Waals surface area (Å²) in [5.74, 6) is 0.188. The van der Waals surface area contributed by atoms with E-state index < -0.39 is 17.6 Å². The lowest BCUT2D eigenvalue weighted by molar-refractivity contribution is -0.137. The summed E-state index contributed by atoms with van der Waals surface area (Å²) >= 11 is 0. The van der Waals surface area contributed by atoms with E-state index in [-0.39, 0.29) is 5.56 Å². The number of carbonyl (C=O) groups excluding carboxylic acids is 1. The lowest BCUT2D eigenvalue weighted by Gasteiger charge is -2.28.